The van der Waals surface area contributed by atoms with E-state index in [1.807, 2.05) is 6.07 Å². The number of nitriles is 1. The smallest absolute Gasteiger partial charge is 0.152 e. The van der Waals surface area contributed by atoms with Gasteiger partial charge in [0.15, 0.2) is 5.82 Å². The third-order valence-corrected chi connectivity index (χ3v) is 6.94. The van der Waals surface area contributed by atoms with Gasteiger partial charge in [-0.1, -0.05) is 0 Å². The average Bonchev–Trinajstić information content (AvgIpc) is 2.75. The van der Waals surface area contributed by atoms with Crippen molar-refractivity contribution >= 4 is 5.82 Å². The van der Waals surface area contributed by atoms with Crippen molar-refractivity contribution in [3.63, 3.8) is 0 Å². The highest BCUT2D eigenvalue weighted by Crippen LogP contribution is 2.54. The van der Waals surface area contributed by atoms with Crippen molar-refractivity contribution in [2.24, 2.45) is 0 Å². The van der Waals surface area contributed by atoms with Crippen LogP contribution in [0.5, 0.6) is 5.75 Å². The minimum atomic E-state index is 0.108. The van der Waals surface area contributed by atoms with Gasteiger partial charge in [-0.2, -0.15) is 5.26 Å². The molecule has 4 aliphatic rings. The van der Waals surface area contributed by atoms with E-state index < -0.39 is 0 Å². The minimum absolute atomic E-state index is 0.108. The fourth-order valence-electron chi connectivity index (χ4n) is 5.54. The molecule has 1 aliphatic heterocycles. The van der Waals surface area contributed by atoms with E-state index in [9.17, 15) is 5.11 Å². The number of hydrogen-bond acceptors (Lipinski definition) is 6. The SMILES string of the molecule is CN1CCC[C@@H](Nc2nnc(-c3ccc(C#N)cc3O)c3c2C2CCC3CC2)C1. The standard InChI is InChI=1S/C23H27N5O/c1-28-10-2-3-17(13-28)25-23-21-16-7-5-15(6-8-16)20(21)22(26-27-23)18-9-4-14(12-24)11-19(18)29/h4,9,11,15-17,29H,2-3,5-8,10,13H2,1H3,(H,25,27)/t15?,16?,17-/m1/s1. The number of aromatic nitrogens is 2. The van der Waals surface area contributed by atoms with Crippen molar-refractivity contribution in [1.82, 2.24) is 15.1 Å². The lowest BCUT2D eigenvalue weighted by molar-refractivity contribution is 0.260. The number of piperidine rings is 1. The zero-order valence-corrected chi connectivity index (χ0v) is 16.9. The molecule has 1 atom stereocenters. The average molecular weight is 390 g/mol. The van der Waals surface area contributed by atoms with Gasteiger partial charge in [0.25, 0.3) is 0 Å². The molecule has 1 saturated carbocycles. The Morgan fingerprint density at radius 2 is 1.86 bits per heavy atom. The lowest BCUT2D eigenvalue weighted by Gasteiger charge is -2.40. The third kappa shape index (κ3) is 3.24. The molecule has 3 aliphatic carbocycles. The number of aromatic hydroxyl groups is 1. The number of nitrogens with zero attached hydrogens (tertiary/aromatic N) is 4. The first-order valence-electron chi connectivity index (χ1n) is 10.7. The molecule has 0 spiro atoms. The molecule has 0 unspecified atom stereocenters. The number of fused-ring (bicyclic) bond motifs is 2. The number of phenols is 1. The predicted molar refractivity (Wildman–Crippen MR) is 112 cm³/mol. The fraction of sp³-hybridized carbons (Fsp3) is 0.522. The van der Waals surface area contributed by atoms with E-state index in [1.54, 1.807) is 6.07 Å². The summed E-state index contributed by atoms with van der Waals surface area (Å²) in [5, 5.41) is 32.6. The highest BCUT2D eigenvalue weighted by atomic mass is 16.3. The lowest BCUT2D eigenvalue weighted by Crippen LogP contribution is -2.40. The monoisotopic (exact) mass is 389 g/mol. The second-order valence-electron chi connectivity index (χ2n) is 8.86. The molecule has 1 saturated heterocycles. The number of likely N-dealkylation sites (N-methyl/N-ethyl adjacent to an activating group) is 1. The highest BCUT2D eigenvalue weighted by molar-refractivity contribution is 5.75. The van der Waals surface area contributed by atoms with Gasteiger partial charge in [-0.25, -0.2) is 0 Å². The van der Waals surface area contributed by atoms with Crippen LogP contribution in [0, 0.1) is 11.3 Å². The molecule has 150 valence electrons. The van der Waals surface area contributed by atoms with E-state index >= 15 is 0 Å². The predicted octanol–water partition coefficient (Wildman–Crippen LogP) is 3.98. The van der Waals surface area contributed by atoms with E-state index in [2.05, 4.69) is 33.5 Å². The Kier molecular flexibility index (Phi) is 4.63. The maximum atomic E-state index is 10.6. The normalized spacial score (nSPS) is 26.0. The van der Waals surface area contributed by atoms with Crippen LogP contribution in [0.25, 0.3) is 11.3 Å². The number of benzene rings is 1. The van der Waals surface area contributed by atoms with Gasteiger partial charge < -0.3 is 15.3 Å². The Bertz CT molecular complexity index is 974. The topological polar surface area (TPSA) is 85.1 Å². The van der Waals surface area contributed by atoms with Crippen molar-refractivity contribution in [1.29, 1.82) is 5.26 Å². The molecule has 6 nitrogen and oxygen atoms in total. The third-order valence-electron chi connectivity index (χ3n) is 6.94. The summed E-state index contributed by atoms with van der Waals surface area (Å²) in [7, 11) is 2.17. The number of rotatable bonds is 3. The maximum Gasteiger partial charge on any atom is 0.152 e. The van der Waals surface area contributed by atoms with Crippen LogP contribution in [0.3, 0.4) is 0 Å². The van der Waals surface area contributed by atoms with Gasteiger partial charge in [0.1, 0.15) is 11.4 Å². The Labute approximate surface area is 171 Å². The molecule has 2 N–H and O–H groups in total. The van der Waals surface area contributed by atoms with Crippen LogP contribution in [0.1, 0.15) is 67.1 Å². The van der Waals surface area contributed by atoms with Crippen LogP contribution in [0.4, 0.5) is 5.82 Å². The number of likely N-dealkylation sites (tertiary alicyclic amines) is 1. The molecule has 2 heterocycles. The number of nitrogens with one attached hydrogen (secondary N) is 1. The van der Waals surface area contributed by atoms with E-state index in [0.29, 0.717) is 29.0 Å². The highest BCUT2D eigenvalue weighted by Gasteiger charge is 2.38. The molecule has 1 aromatic carbocycles. The van der Waals surface area contributed by atoms with Crippen molar-refractivity contribution in [3.8, 4) is 23.1 Å². The van der Waals surface area contributed by atoms with Crippen molar-refractivity contribution in [3.05, 3.63) is 34.9 Å². The molecule has 2 aromatic rings. The molecular formula is C23H27N5O. The fourth-order valence-corrected chi connectivity index (χ4v) is 5.54. The molecule has 6 heteroatoms. The summed E-state index contributed by atoms with van der Waals surface area (Å²) in [6.45, 7) is 2.19. The maximum absolute atomic E-state index is 10.6. The van der Waals surface area contributed by atoms with Crippen LogP contribution >= 0.6 is 0 Å². The van der Waals surface area contributed by atoms with Gasteiger partial charge >= 0.3 is 0 Å². The van der Waals surface area contributed by atoms with Gasteiger partial charge in [0.2, 0.25) is 0 Å². The van der Waals surface area contributed by atoms with E-state index in [-0.39, 0.29) is 5.75 Å². The molecule has 0 amide bonds. The molecule has 1 aromatic heterocycles. The lowest BCUT2D eigenvalue weighted by atomic mass is 9.66. The Hall–Kier alpha value is -2.65. The first-order chi connectivity index (χ1) is 14.1. The van der Waals surface area contributed by atoms with Crippen molar-refractivity contribution in [2.45, 2.75) is 56.4 Å². The van der Waals surface area contributed by atoms with Crippen molar-refractivity contribution in [2.75, 3.05) is 25.5 Å². The second kappa shape index (κ2) is 7.31. The summed E-state index contributed by atoms with van der Waals surface area (Å²) in [5.41, 5.74) is 4.53. The summed E-state index contributed by atoms with van der Waals surface area (Å²) < 4.78 is 0. The van der Waals surface area contributed by atoms with Gasteiger partial charge in [-0.05, 0) is 87.7 Å². The van der Waals surface area contributed by atoms with Crippen LogP contribution in [0.2, 0.25) is 0 Å². The van der Waals surface area contributed by atoms with Crippen LogP contribution < -0.4 is 5.32 Å². The van der Waals surface area contributed by atoms with Gasteiger partial charge in [-0.15, -0.1) is 10.2 Å². The Morgan fingerprint density at radius 1 is 1.10 bits per heavy atom. The summed E-state index contributed by atoms with van der Waals surface area (Å²) in [6.07, 6.45) is 7.14. The quantitative estimate of drug-likeness (QED) is 0.826. The van der Waals surface area contributed by atoms with Crippen LogP contribution in [0.15, 0.2) is 18.2 Å². The minimum Gasteiger partial charge on any atom is -0.507 e. The van der Waals surface area contributed by atoms with Gasteiger partial charge in [0, 0.05) is 23.7 Å². The zero-order chi connectivity index (χ0) is 20.0. The summed E-state index contributed by atoms with van der Waals surface area (Å²) in [5.74, 6) is 2.06. The Morgan fingerprint density at radius 3 is 2.55 bits per heavy atom. The zero-order valence-electron chi connectivity index (χ0n) is 16.9. The first-order valence-corrected chi connectivity index (χ1v) is 10.7. The first kappa shape index (κ1) is 18.4. The number of anilines is 1. The Balaban J connectivity index is 1.58. The second-order valence-corrected chi connectivity index (χ2v) is 8.86. The van der Waals surface area contributed by atoms with Crippen LogP contribution in [-0.2, 0) is 0 Å². The molecule has 6 rings (SSSR count). The molecule has 29 heavy (non-hydrogen) atoms. The summed E-state index contributed by atoms with van der Waals surface area (Å²) in [4.78, 5) is 2.37. The molecule has 2 bridgehead atoms. The summed E-state index contributed by atoms with van der Waals surface area (Å²) in [6, 6.07) is 7.56. The van der Waals surface area contributed by atoms with E-state index in [0.717, 1.165) is 31.0 Å². The van der Waals surface area contributed by atoms with Gasteiger partial charge in [0.05, 0.1) is 11.6 Å². The molecule has 2 fully saturated rings. The molecular weight excluding hydrogens is 362 g/mol. The van der Waals surface area contributed by atoms with Crippen LogP contribution in [-0.4, -0.2) is 46.4 Å². The number of hydrogen-bond donors (Lipinski definition) is 2. The van der Waals surface area contributed by atoms with E-state index in [4.69, 9.17) is 5.26 Å². The molecule has 0 radical (unpaired) electrons. The largest absolute Gasteiger partial charge is 0.507 e. The van der Waals surface area contributed by atoms with Crippen molar-refractivity contribution < 1.29 is 5.11 Å². The van der Waals surface area contributed by atoms with Gasteiger partial charge in [-0.3, -0.25) is 0 Å². The van der Waals surface area contributed by atoms with E-state index in [1.165, 1.54) is 49.3 Å². The number of phenolic OH excluding ortho intramolecular Hbond substituents is 1. The summed E-state index contributed by atoms with van der Waals surface area (Å²) >= 11 is 0.